The van der Waals surface area contributed by atoms with Crippen molar-refractivity contribution in [2.75, 3.05) is 26.2 Å². The summed E-state index contributed by atoms with van der Waals surface area (Å²) in [4.78, 5) is 24.2. The van der Waals surface area contributed by atoms with E-state index in [1.165, 1.54) is 0 Å². The van der Waals surface area contributed by atoms with E-state index in [9.17, 15) is 9.59 Å². The molecule has 1 aliphatic heterocycles. The minimum absolute atomic E-state index is 0.0512. The third-order valence-corrected chi connectivity index (χ3v) is 3.39. The normalized spacial score (nSPS) is 22.4. The first-order chi connectivity index (χ1) is 9.08. The summed E-state index contributed by atoms with van der Waals surface area (Å²) in [5.74, 6) is -0.743. The number of hydrogen-bond donors (Lipinski definition) is 2. The number of hydrogen-bond acceptors (Lipinski definition) is 4. The van der Waals surface area contributed by atoms with E-state index in [0.717, 1.165) is 19.5 Å². The van der Waals surface area contributed by atoms with E-state index < -0.39 is 12.1 Å². The number of carbonyl (C=O) groups is 2. The maximum Gasteiger partial charge on any atom is 0.332 e. The number of carboxylic acid groups (broad SMARTS) is 1. The fourth-order valence-electron chi connectivity index (χ4n) is 2.23. The lowest BCUT2D eigenvalue weighted by molar-refractivity contribution is -0.149. The summed E-state index contributed by atoms with van der Waals surface area (Å²) in [5.41, 5.74) is 0. The van der Waals surface area contributed by atoms with Crippen molar-refractivity contribution in [1.29, 1.82) is 0 Å². The number of carbonyl (C=O) groups excluding carboxylic acids is 1. The molecule has 0 saturated carbocycles. The van der Waals surface area contributed by atoms with Gasteiger partial charge in [-0.15, -0.1) is 0 Å². The molecule has 0 aromatic carbocycles. The highest BCUT2D eigenvalue weighted by Gasteiger charge is 2.29. The molecule has 1 rings (SSSR count). The zero-order chi connectivity index (χ0) is 14.3. The standard InChI is InChI=1S/C13H24N2O4/c1-3-15(4-2)12(16)7-8-14-9-10-5-6-11(19-10)13(17)18/h10-11,14H,3-9H2,1-2H3,(H,17,18). The highest BCUT2D eigenvalue weighted by molar-refractivity contribution is 5.76. The number of rotatable bonds is 8. The second kappa shape index (κ2) is 8.12. The average molecular weight is 272 g/mol. The van der Waals surface area contributed by atoms with Crippen LogP contribution in [0.2, 0.25) is 0 Å². The van der Waals surface area contributed by atoms with E-state index in [1.807, 2.05) is 13.8 Å². The lowest BCUT2D eigenvalue weighted by atomic mass is 10.2. The Morgan fingerprint density at radius 2 is 2.00 bits per heavy atom. The summed E-state index contributed by atoms with van der Waals surface area (Å²) in [6.45, 7) is 6.62. The molecule has 1 heterocycles. The molecule has 6 heteroatoms. The summed E-state index contributed by atoms with van der Waals surface area (Å²) >= 11 is 0. The largest absolute Gasteiger partial charge is 0.479 e. The van der Waals surface area contributed by atoms with Crippen LogP contribution in [0.3, 0.4) is 0 Å². The van der Waals surface area contributed by atoms with Crippen LogP contribution in [-0.4, -0.2) is 60.3 Å². The van der Waals surface area contributed by atoms with Gasteiger partial charge in [-0.05, 0) is 26.7 Å². The van der Waals surface area contributed by atoms with E-state index in [4.69, 9.17) is 9.84 Å². The molecule has 110 valence electrons. The van der Waals surface area contributed by atoms with Crippen LogP contribution in [0.1, 0.15) is 33.1 Å². The fraction of sp³-hybridized carbons (Fsp3) is 0.846. The summed E-state index contributed by atoms with van der Waals surface area (Å²) in [7, 11) is 0. The third-order valence-electron chi connectivity index (χ3n) is 3.39. The molecule has 1 saturated heterocycles. The van der Waals surface area contributed by atoms with Crippen LogP contribution in [0.5, 0.6) is 0 Å². The van der Waals surface area contributed by atoms with Crippen molar-refractivity contribution in [3.05, 3.63) is 0 Å². The number of nitrogens with zero attached hydrogens (tertiary/aromatic N) is 1. The monoisotopic (exact) mass is 272 g/mol. The first kappa shape index (κ1) is 15.9. The van der Waals surface area contributed by atoms with Gasteiger partial charge >= 0.3 is 5.97 Å². The number of nitrogens with one attached hydrogen (secondary N) is 1. The van der Waals surface area contributed by atoms with Crippen LogP contribution in [0.4, 0.5) is 0 Å². The Bertz CT molecular complexity index is 305. The Kier molecular flexibility index (Phi) is 6.80. The molecule has 0 aromatic rings. The van der Waals surface area contributed by atoms with Gasteiger partial charge in [0.25, 0.3) is 0 Å². The quantitative estimate of drug-likeness (QED) is 0.628. The zero-order valence-electron chi connectivity index (χ0n) is 11.7. The van der Waals surface area contributed by atoms with Gasteiger partial charge in [0.1, 0.15) is 0 Å². The Morgan fingerprint density at radius 1 is 1.32 bits per heavy atom. The van der Waals surface area contributed by atoms with E-state index in [-0.39, 0.29) is 12.0 Å². The van der Waals surface area contributed by atoms with Crippen LogP contribution in [-0.2, 0) is 14.3 Å². The molecule has 19 heavy (non-hydrogen) atoms. The third kappa shape index (κ3) is 5.16. The van der Waals surface area contributed by atoms with E-state index >= 15 is 0 Å². The van der Waals surface area contributed by atoms with Crippen molar-refractivity contribution < 1.29 is 19.4 Å². The van der Waals surface area contributed by atoms with Gasteiger partial charge in [-0.3, -0.25) is 4.79 Å². The molecule has 1 fully saturated rings. The molecule has 0 aliphatic carbocycles. The lowest BCUT2D eigenvalue weighted by Crippen LogP contribution is -2.35. The molecule has 2 N–H and O–H groups in total. The van der Waals surface area contributed by atoms with Crippen LogP contribution in [0.15, 0.2) is 0 Å². The maximum atomic E-state index is 11.7. The van der Waals surface area contributed by atoms with Gasteiger partial charge < -0.3 is 20.1 Å². The van der Waals surface area contributed by atoms with Crippen LogP contribution >= 0.6 is 0 Å². The summed E-state index contributed by atoms with van der Waals surface area (Å²) < 4.78 is 5.36. The first-order valence-electron chi connectivity index (χ1n) is 6.95. The maximum absolute atomic E-state index is 11.7. The predicted octanol–water partition coefficient (Wildman–Crippen LogP) is 0.467. The van der Waals surface area contributed by atoms with Crippen molar-refractivity contribution in [1.82, 2.24) is 10.2 Å². The molecule has 2 unspecified atom stereocenters. The van der Waals surface area contributed by atoms with Crippen LogP contribution < -0.4 is 5.32 Å². The number of amides is 1. The molecular formula is C13H24N2O4. The van der Waals surface area contributed by atoms with Gasteiger partial charge in [-0.1, -0.05) is 0 Å². The molecule has 2 atom stereocenters. The van der Waals surface area contributed by atoms with E-state index in [2.05, 4.69) is 5.32 Å². The predicted molar refractivity (Wildman–Crippen MR) is 70.9 cm³/mol. The molecule has 1 amide bonds. The van der Waals surface area contributed by atoms with Crippen molar-refractivity contribution >= 4 is 11.9 Å². The first-order valence-corrected chi connectivity index (χ1v) is 6.95. The summed E-state index contributed by atoms with van der Waals surface area (Å²) in [6.07, 6.45) is 1.08. The Labute approximate surface area is 114 Å². The Morgan fingerprint density at radius 3 is 2.53 bits per heavy atom. The van der Waals surface area contributed by atoms with Crippen LogP contribution in [0.25, 0.3) is 0 Å². The molecule has 0 radical (unpaired) electrons. The minimum atomic E-state index is -0.890. The number of aliphatic carboxylic acids is 1. The Hall–Kier alpha value is -1.14. The second-order valence-electron chi connectivity index (χ2n) is 4.68. The van der Waals surface area contributed by atoms with Crippen molar-refractivity contribution in [3.63, 3.8) is 0 Å². The van der Waals surface area contributed by atoms with Crippen LogP contribution in [0, 0.1) is 0 Å². The van der Waals surface area contributed by atoms with E-state index in [1.54, 1.807) is 4.90 Å². The number of carboxylic acids is 1. The van der Waals surface area contributed by atoms with Crippen molar-refractivity contribution in [3.8, 4) is 0 Å². The van der Waals surface area contributed by atoms with Gasteiger partial charge in [0, 0.05) is 32.6 Å². The van der Waals surface area contributed by atoms with Gasteiger partial charge in [-0.25, -0.2) is 4.79 Å². The SMILES string of the molecule is CCN(CC)C(=O)CCNCC1CCC(C(=O)O)O1. The molecule has 1 aliphatic rings. The number of ether oxygens (including phenoxy) is 1. The molecule has 6 nitrogen and oxygen atoms in total. The Balaban J connectivity index is 2.12. The minimum Gasteiger partial charge on any atom is -0.479 e. The second-order valence-corrected chi connectivity index (χ2v) is 4.68. The van der Waals surface area contributed by atoms with Gasteiger partial charge in [0.05, 0.1) is 6.10 Å². The topological polar surface area (TPSA) is 78.9 Å². The highest BCUT2D eigenvalue weighted by atomic mass is 16.5. The summed E-state index contributed by atoms with van der Waals surface area (Å²) in [6, 6.07) is 0. The average Bonchev–Trinajstić information content (AvgIpc) is 2.85. The zero-order valence-corrected chi connectivity index (χ0v) is 11.7. The van der Waals surface area contributed by atoms with E-state index in [0.29, 0.717) is 25.9 Å². The molecular weight excluding hydrogens is 248 g/mol. The fourth-order valence-corrected chi connectivity index (χ4v) is 2.23. The molecule has 0 aromatic heterocycles. The van der Waals surface area contributed by atoms with Crippen molar-refractivity contribution in [2.45, 2.75) is 45.3 Å². The van der Waals surface area contributed by atoms with Gasteiger partial charge in [-0.2, -0.15) is 0 Å². The van der Waals surface area contributed by atoms with Gasteiger partial charge in [0.2, 0.25) is 5.91 Å². The highest BCUT2D eigenvalue weighted by Crippen LogP contribution is 2.19. The lowest BCUT2D eigenvalue weighted by Gasteiger charge is -2.19. The molecule has 0 bridgehead atoms. The smallest absolute Gasteiger partial charge is 0.332 e. The summed E-state index contributed by atoms with van der Waals surface area (Å²) in [5, 5.41) is 12.0. The molecule has 0 spiro atoms. The van der Waals surface area contributed by atoms with Gasteiger partial charge in [0.15, 0.2) is 6.10 Å². The van der Waals surface area contributed by atoms with Crippen molar-refractivity contribution in [2.24, 2.45) is 0 Å².